The minimum absolute atomic E-state index is 0.00886. The molecule has 0 aromatic heterocycles. The van der Waals surface area contributed by atoms with Crippen LogP contribution in [-0.2, 0) is 38.1 Å². The van der Waals surface area contributed by atoms with Crippen molar-refractivity contribution in [2.24, 2.45) is 17.8 Å². The number of ether oxygens (including phenoxy) is 4. The monoisotopic (exact) mass is 394 g/mol. The second-order valence-corrected chi connectivity index (χ2v) is 6.88. The van der Waals surface area contributed by atoms with Gasteiger partial charge < -0.3 is 18.9 Å². The van der Waals surface area contributed by atoms with Crippen LogP contribution in [0, 0.1) is 17.8 Å². The van der Waals surface area contributed by atoms with E-state index < -0.39 is 52.6 Å². The van der Waals surface area contributed by atoms with E-state index in [1.807, 2.05) is 0 Å². The first-order valence-electron chi connectivity index (χ1n) is 9.09. The van der Waals surface area contributed by atoms with Gasteiger partial charge in [0.1, 0.15) is 23.2 Å². The zero-order chi connectivity index (χ0) is 21.1. The third-order valence-electron chi connectivity index (χ3n) is 5.21. The Kier molecular flexibility index (Phi) is 6.56. The SMILES string of the molecule is C=CCCC(=O)C1C(C(=O)OC)C(=O)[C@]2(C)C=C[C@@](OC)(O2)[C@@H]1C(=O)OCC. The fourth-order valence-electron chi connectivity index (χ4n) is 3.83. The van der Waals surface area contributed by atoms with Crippen molar-refractivity contribution in [3.05, 3.63) is 24.8 Å². The number of hydrogen-bond acceptors (Lipinski definition) is 8. The molecule has 0 aromatic rings. The highest BCUT2D eigenvalue weighted by Crippen LogP contribution is 2.49. The van der Waals surface area contributed by atoms with Crippen molar-refractivity contribution >= 4 is 23.5 Å². The van der Waals surface area contributed by atoms with Gasteiger partial charge in [-0.1, -0.05) is 6.08 Å². The molecule has 0 N–H and O–H groups in total. The lowest BCUT2D eigenvalue weighted by Gasteiger charge is -2.36. The number of ketones is 2. The molecule has 0 aliphatic carbocycles. The van der Waals surface area contributed by atoms with Crippen LogP contribution in [0.15, 0.2) is 24.8 Å². The smallest absolute Gasteiger partial charge is 0.317 e. The topological polar surface area (TPSA) is 105 Å². The summed E-state index contributed by atoms with van der Waals surface area (Å²) in [6.07, 6.45) is 4.73. The summed E-state index contributed by atoms with van der Waals surface area (Å²) in [5, 5.41) is 0. The minimum atomic E-state index is -1.71. The van der Waals surface area contributed by atoms with Gasteiger partial charge in [-0.05, 0) is 32.4 Å². The Labute approximate surface area is 163 Å². The van der Waals surface area contributed by atoms with Crippen LogP contribution < -0.4 is 0 Å². The first kappa shape index (κ1) is 22.0. The molecule has 2 unspecified atom stereocenters. The van der Waals surface area contributed by atoms with Crippen LogP contribution in [0.1, 0.15) is 26.7 Å². The van der Waals surface area contributed by atoms with Crippen molar-refractivity contribution in [1.82, 2.24) is 0 Å². The molecule has 8 heteroatoms. The molecule has 0 saturated carbocycles. The molecule has 5 atom stereocenters. The van der Waals surface area contributed by atoms with E-state index in [1.165, 1.54) is 26.2 Å². The van der Waals surface area contributed by atoms with Crippen molar-refractivity contribution < 1.29 is 38.1 Å². The normalized spacial score (nSPS) is 33.9. The lowest BCUT2D eigenvalue weighted by molar-refractivity contribution is -0.245. The maximum atomic E-state index is 13.2. The van der Waals surface area contributed by atoms with Gasteiger partial charge in [-0.3, -0.25) is 19.2 Å². The number of rotatable bonds is 8. The predicted molar refractivity (Wildman–Crippen MR) is 96.9 cm³/mol. The van der Waals surface area contributed by atoms with Crippen LogP contribution in [0.4, 0.5) is 0 Å². The zero-order valence-electron chi connectivity index (χ0n) is 16.6. The van der Waals surface area contributed by atoms with Crippen molar-refractivity contribution in [2.45, 2.75) is 38.1 Å². The Morgan fingerprint density at radius 2 is 1.93 bits per heavy atom. The quantitative estimate of drug-likeness (QED) is 0.345. The number of fused-ring (bicyclic) bond motifs is 2. The highest BCUT2D eigenvalue weighted by atomic mass is 16.7. The molecule has 2 bridgehead atoms. The summed E-state index contributed by atoms with van der Waals surface area (Å²) < 4.78 is 21.4. The van der Waals surface area contributed by atoms with Crippen molar-refractivity contribution in [1.29, 1.82) is 0 Å². The van der Waals surface area contributed by atoms with Crippen LogP contribution in [0.2, 0.25) is 0 Å². The highest BCUT2D eigenvalue weighted by Gasteiger charge is 2.66. The molecular formula is C20H26O8. The maximum absolute atomic E-state index is 13.2. The average molecular weight is 394 g/mol. The standard InChI is InChI=1S/C20H26O8/c1-6-8-9-12(21)13-14(17(23)25-4)16(22)19(3)10-11-20(26-5,28-19)15(13)18(24)27-7-2/h6,10-11,13-15H,1,7-9H2,2-5H3/t13?,14?,15-,19-,20+/m0/s1. The Bertz CT molecular complexity index is 711. The fourth-order valence-corrected chi connectivity index (χ4v) is 3.83. The summed E-state index contributed by atoms with van der Waals surface area (Å²) in [4.78, 5) is 51.8. The molecule has 0 aromatic carbocycles. The Balaban J connectivity index is 2.71. The van der Waals surface area contributed by atoms with Gasteiger partial charge in [0, 0.05) is 13.5 Å². The number of carbonyl (C=O) groups is 4. The lowest BCUT2D eigenvalue weighted by atomic mass is 9.69. The number of allylic oxidation sites excluding steroid dienone is 1. The molecule has 1 saturated heterocycles. The Hall–Kier alpha value is -2.32. The van der Waals surface area contributed by atoms with E-state index in [1.54, 1.807) is 13.0 Å². The molecule has 2 aliphatic heterocycles. The second-order valence-electron chi connectivity index (χ2n) is 6.88. The summed E-state index contributed by atoms with van der Waals surface area (Å²) in [6, 6.07) is 0. The summed E-state index contributed by atoms with van der Waals surface area (Å²) in [6.45, 7) is 6.70. The van der Waals surface area contributed by atoms with Crippen molar-refractivity contribution in [2.75, 3.05) is 20.8 Å². The van der Waals surface area contributed by atoms with Crippen molar-refractivity contribution in [3.8, 4) is 0 Å². The van der Waals surface area contributed by atoms with Gasteiger partial charge in [0.15, 0.2) is 5.78 Å². The van der Waals surface area contributed by atoms with Crippen LogP contribution in [0.5, 0.6) is 0 Å². The number of esters is 2. The van der Waals surface area contributed by atoms with Gasteiger partial charge in [-0.2, -0.15) is 0 Å². The third kappa shape index (κ3) is 3.54. The molecule has 8 nitrogen and oxygen atoms in total. The molecule has 154 valence electrons. The Morgan fingerprint density at radius 1 is 1.25 bits per heavy atom. The highest BCUT2D eigenvalue weighted by molar-refractivity contribution is 6.09. The molecule has 2 heterocycles. The number of carbonyl (C=O) groups excluding carboxylic acids is 4. The van der Waals surface area contributed by atoms with E-state index in [0.29, 0.717) is 6.42 Å². The van der Waals surface area contributed by atoms with E-state index in [2.05, 4.69) is 6.58 Å². The summed E-state index contributed by atoms with van der Waals surface area (Å²) in [7, 11) is 2.42. The zero-order valence-corrected chi connectivity index (χ0v) is 16.6. The lowest BCUT2D eigenvalue weighted by Crippen LogP contribution is -2.52. The molecule has 2 aliphatic rings. The summed E-state index contributed by atoms with van der Waals surface area (Å²) in [5.41, 5.74) is -1.55. The van der Waals surface area contributed by atoms with Gasteiger partial charge in [0.25, 0.3) is 0 Å². The van der Waals surface area contributed by atoms with Crippen LogP contribution in [-0.4, -0.2) is 55.7 Å². The first-order valence-corrected chi connectivity index (χ1v) is 9.09. The average Bonchev–Trinajstić information content (AvgIpc) is 3.00. The molecule has 0 spiro atoms. The van der Waals surface area contributed by atoms with E-state index >= 15 is 0 Å². The molecule has 28 heavy (non-hydrogen) atoms. The number of methoxy groups -OCH3 is 2. The molecule has 0 amide bonds. The van der Waals surface area contributed by atoms with Crippen molar-refractivity contribution in [3.63, 3.8) is 0 Å². The predicted octanol–water partition coefficient (Wildman–Crippen LogP) is 1.38. The van der Waals surface area contributed by atoms with Crippen LogP contribution in [0.25, 0.3) is 0 Å². The molecule has 0 radical (unpaired) electrons. The first-order chi connectivity index (χ1) is 13.2. The molecule has 2 rings (SSSR count). The van der Waals surface area contributed by atoms with Gasteiger partial charge >= 0.3 is 11.9 Å². The number of hydrogen-bond donors (Lipinski definition) is 0. The minimum Gasteiger partial charge on any atom is -0.468 e. The molecular weight excluding hydrogens is 368 g/mol. The largest absolute Gasteiger partial charge is 0.468 e. The van der Waals surface area contributed by atoms with Gasteiger partial charge in [0.2, 0.25) is 5.79 Å². The summed E-state index contributed by atoms with van der Waals surface area (Å²) in [5.74, 6) is -8.79. The van der Waals surface area contributed by atoms with Crippen LogP contribution >= 0.6 is 0 Å². The second kappa shape index (κ2) is 8.36. The fraction of sp³-hybridized carbons (Fsp3) is 0.600. The number of Topliss-reactive ketones (excluding diaryl/α,β-unsaturated/α-hetero) is 2. The van der Waals surface area contributed by atoms with E-state index in [4.69, 9.17) is 18.9 Å². The van der Waals surface area contributed by atoms with Gasteiger partial charge in [0.05, 0.1) is 19.6 Å². The van der Waals surface area contributed by atoms with Crippen LogP contribution in [0.3, 0.4) is 0 Å². The molecule has 1 fully saturated rings. The van der Waals surface area contributed by atoms with E-state index in [9.17, 15) is 19.2 Å². The summed E-state index contributed by atoms with van der Waals surface area (Å²) >= 11 is 0. The maximum Gasteiger partial charge on any atom is 0.317 e. The van der Waals surface area contributed by atoms with Gasteiger partial charge in [-0.15, -0.1) is 6.58 Å². The van der Waals surface area contributed by atoms with E-state index in [-0.39, 0.29) is 13.0 Å². The Morgan fingerprint density at radius 3 is 2.46 bits per heavy atom. The van der Waals surface area contributed by atoms with E-state index in [0.717, 1.165) is 7.11 Å². The van der Waals surface area contributed by atoms with Gasteiger partial charge in [-0.25, -0.2) is 0 Å². The third-order valence-corrected chi connectivity index (χ3v) is 5.21.